The van der Waals surface area contributed by atoms with Gasteiger partial charge in [-0.2, -0.15) is 0 Å². The van der Waals surface area contributed by atoms with Gasteiger partial charge in [0, 0.05) is 19.1 Å². The lowest BCUT2D eigenvalue weighted by Crippen LogP contribution is -2.31. The van der Waals surface area contributed by atoms with Crippen molar-refractivity contribution in [1.29, 1.82) is 0 Å². The summed E-state index contributed by atoms with van der Waals surface area (Å²) in [5.74, 6) is 0.963. The van der Waals surface area contributed by atoms with Gasteiger partial charge in [-0.05, 0) is 31.6 Å². The minimum atomic E-state index is -0.0460. The highest BCUT2D eigenvalue weighted by molar-refractivity contribution is 4.88. The summed E-state index contributed by atoms with van der Waals surface area (Å²) in [6.45, 7) is 4.42. The summed E-state index contributed by atoms with van der Waals surface area (Å²) < 4.78 is 0. The van der Waals surface area contributed by atoms with Crippen LogP contribution in [-0.4, -0.2) is 35.2 Å². The van der Waals surface area contributed by atoms with Gasteiger partial charge in [0.1, 0.15) is 0 Å². The van der Waals surface area contributed by atoms with Crippen LogP contribution in [0, 0.1) is 5.92 Å². The molecule has 1 saturated heterocycles. The summed E-state index contributed by atoms with van der Waals surface area (Å²) in [6, 6.07) is 0.681. The molecule has 0 aromatic carbocycles. The summed E-state index contributed by atoms with van der Waals surface area (Å²) in [7, 11) is 0. The van der Waals surface area contributed by atoms with Crippen LogP contribution in [0.4, 0.5) is 0 Å². The maximum atomic E-state index is 9.59. The van der Waals surface area contributed by atoms with Gasteiger partial charge in [0.2, 0.25) is 0 Å². The molecule has 2 nitrogen and oxygen atoms in total. The number of hydrogen-bond acceptors (Lipinski definition) is 2. The predicted molar refractivity (Wildman–Crippen MR) is 53.6 cm³/mol. The molecule has 2 rings (SSSR count). The molecule has 0 spiro atoms. The van der Waals surface area contributed by atoms with Gasteiger partial charge in [-0.3, -0.25) is 4.90 Å². The highest BCUT2D eigenvalue weighted by Gasteiger charge is 2.34. The van der Waals surface area contributed by atoms with Crippen LogP contribution in [-0.2, 0) is 0 Å². The second kappa shape index (κ2) is 3.97. The zero-order valence-electron chi connectivity index (χ0n) is 8.58. The number of likely N-dealkylation sites (tertiary alicyclic amines) is 1. The quantitative estimate of drug-likeness (QED) is 0.716. The minimum absolute atomic E-state index is 0.0460. The van der Waals surface area contributed by atoms with E-state index in [2.05, 4.69) is 11.8 Å². The monoisotopic (exact) mass is 183 g/mol. The van der Waals surface area contributed by atoms with E-state index >= 15 is 0 Å². The fourth-order valence-electron chi connectivity index (χ4n) is 2.45. The van der Waals surface area contributed by atoms with E-state index in [1.54, 1.807) is 0 Å². The average Bonchev–Trinajstić information content (AvgIpc) is 2.80. The van der Waals surface area contributed by atoms with Crippen LogP contribution in [0.3, 0.4) is 0 Å². The molecule has 2 atom stereocenters. The van der Waals surface area contributed by atoms with E-state index in [1.165, 1.54) is 32.2 Å². The molecule has 1 aliphatic heterocycles. The van der Waals surface area contributed by atoms with E-state index in [0.717, 1.165) is 18.9 Å². The van der Waals surface area contributed by atoms with E-state index in [1.807, 2.05) is 0 Å². The number of β-amino-alcohol motifs (C(OH)–C–C–N with tert-alkyl or cyclic N) is 1. The Labute approximate surface area is 80.9 Å². The summed E-state index contributed by atoms with van der Waals surface area (Å²) in [4.78, 5) is 2.52. The number of aliphatic hydroxyl groups is 1. The van der Waals surface area contributed by atoms with Crippen molar-refractivity contribution in [3.63, 3.8) is 0 Å². The Morgan fingerprint density at radius 1 is 1.38 bits per heavy atom. The second-order valence-electron chi connectivity index (χ2n) is 4.73. The Kier molecular flexibility index (Phi) is 2.89. The van der Waals surface area contributed by atoms with E-state index in [0.29, 0.717) is 6.04 Å². The number of hydrogen-bond donors (Lipinski definition) is 1. The Balaban J connectivity index is 1.82. The maximum Gasteiger partial charge on any atom is 0.0682 e. The highest BCUT2D eigenvalue weighted by Crippen LogP contribution is 2.33. The molecule has 1 N–H and O–H groups in total. The SMILES string of the molecule is CCC[C@H]1C[C@H](O)CN1CC1CC1. The largest absolute Gasteiger partial charge is 0.392 e. The Morgan fingerprint density at radius 3 is 2.77 bits per heavy atom. The molecule has 1 aliphatic carbocycles. The van der Waals surface area contributed by atoms with Crippen molar-refractivity contribution in [2.75, 3.05) is 13.1 Å². The summed E-state index contributed by atoms with van der Waals surface area (Å²) in [5.41, 5.74) is 0. The molecule has 0 aromatic heterocycles. The van der Waals surface area contributed by atoms with Gasteiger partial charge in [-0.25, -0.2) is 0 Å². The molecule has 0 aromatic rings. The van der Waals surface area contributed by atoms with Crippen LogP contribution in [0.15, 0.2) is 0 Å². The van der Waals surface area contributed by atoms with Crippen molar-refractivity contribution in [2.24, 2.45) is 5.92 Å². The van der Waals surface area contributed by atoms with Crippen LogP contribution < -0.4 is 0 Å². The van der Waals surface area contributed by atoms with Crippen LogP contribution >= 0.6 is 0 Å². The molecule has 0 amide bonds. The van der Waals surface area contributed by atoms with Crippen molar-refractivity contribution in [2.45, 2.75) is 51.2 Å². The molecule has 13 heavy (non-hydrogen) atoms. The average molecular weight is 183 g/mol. The third-order valence-corrected chi connectivity index (χ3v) is 3.32. The molecule has 2 heteroatoms. The first-order valence-electron chi connectivity index (χ1n) is 5.71. The maximum absolute atomic E-state index is 9.59. The molecular formula is C11H21NO. The summed E-state index contributed by atoms with van der Waals surface area (Å²) in [6.07, 6.45) is 6.33. The van der Waals surface area contributed by atoms with Crippen LogP contribution in [0.25, 0.3) is 0 Å². The molecule has 2 aliphatic rings. The Morgan fingerprint density at radius 2 is 2.15 bits per heavy atom. The summed E-state index contributed by atoms with van der Waals surface area (Å²) in [5, 5.41) is 9.59. The van der Waals surface area contributed by atoms with Gasteiger partial charge in [-0.15, -0.1) is 0 Å². The molecule has 0 unspecified atom stereocenters. The number of aliphatic hydroxyl groups excluding tert-OH is 1. The molecule has 0 radical (unpaired) electrons. The van der Waals surface area contributed by atoms with Crippen LogP contribution in [0.2, 0.25) is 0 Å². The van der Waals surface area contributed by atoms with Crippen LogP contribution in [0.5, 0.6) is 0 Å². The molecular weight excluding hydrogens is 162 g/mol. The molecule has 0 bridgehead atoms. The third-order valence-electron chi connectivity index (χ3n) is 3.32. The van der Waals surface area contributed by atoms with Gasteiger partial charge in [0.25, 0.3) is 0 Å². The first-order valence-corrected chi connectivity index (χ1v) is 5.71. The topological polar surface area (TPSA) is 23.5 Å². The Hall–Kier alpha value is -0.0800. The first-order chi connectivity index (χ1) is 6.29. The van der Waals surface area contributed by atoms with Crippen molar-refractivity contribution in [1.82, 2.24) is 4.90 Å². The van der Waals surface area contributed by atoms with E-state index in [-0.39, 0.29) is 6.10 Å². The molecule has 1 saturated carbocycles. The van der Waals surface area contributed by atoms with E-state index < -0.39 is 0 Å². The van der Waals surface area contributed by atoms with Gasteiger partial charge >= 0.3 is 0 Å². The van der Waals surface area contributed by atoms with Crippen molar-refractivity contribution >= 4 is 0 Å². The first kappa shape index (κ1) is 9.47. The normalized spacial score (nSPS) is 35.5. The van der Waals surface area contributed by atoms with Crippen molar-refractivity contribution in [3.05, 3.63) is 0 Å². The third kappa shape index (κ3) is 2.44. The highest BCUT2D eigenvalue weighted by atomic mass is 16.3. The second-order valence-corrected chi connectivity index (χ2v) is 4.73. The van der Waals surface area contributed by atoms with Gasteiger partial charge < -0.3 is 5.11 Å². The van der Waals surface area contributed by atoms with Gasteiger partial charge in [0.05, 0.1) is 6.10 Å². The molecule has 2 fully saturated rings. The zero-order chi connectivity index (χ0) is 9.26. The zero-order valence-corrected chi connectivity index (χ0v) is 8.58. The van der Waals surface area contributed by atoms with Crippen LogP contribution in [0.1, 0.15) is 39.0 Å². The fraction of sp³-hybridized carbons (Fsp3) is 1.00. The fourth-order valence-corrected chi connectivity index (χ4v) is 2.45. The van der Waals surface area contributed by atoms with Crippen molar-refractivity contribution < 1.29 is 5.11 Å². The lowest BCUT2D eigenvalue weighted by Gasteiger charge is -2.23. The summed E-state index contributed by atoms with van der Waals surface area (Å²) >= 11 is 0. The molecule has 76 valence electrons. The lowest BCUT2D eigenvalue weighted by molar-refractivity contribution is 0.172. The van der Waals surface area contributed by atoms with Gasteiger partial charge in [0.15, 0.2) is 0 Å². The number of nitrogens with zero attached hydrogens (tertiary/aromatic N) is 1. The van der Waals surface area contributed by atoms with E-state index in [9.17, 15) is 5.11 Å². The molecule has 1 heterocycles. The smallest absolute Gasteiger partial charge is 0.0682 e. The predicted octanol–water partition coefficient (Wildman–Crippen LogP) is 1.63. The number of rotatable bonds is 4. The minimum Gasteiger partial charge on any atom is -0.392 e. The van der Waals surface area contributed by atoms with Gasteiger partial charge in [-0.1, -0.05) is 13.3 Å². The lowest BCUT2D eigenvalue weighted by atomic mass is 10.1. The van der Waals surface area contributed by atoms with Crippen molar-refractivity contribution in [3.8, 4) is 0 Å². The van der Waals surface area contributed by atoms with E-state index in [4.69, 9.17) is 0 Å². The standard InChI is InChI=1S/C11H21NO/c1-2-3-10-6-11(13)8-12(10)7-9-4-5-9/h9-11,13H,2-8H2,1H3/t10-,11-/m0/s1. The Bertz CT molecular complexity index is 167.